The van der Waals surface area contributed by atoms with Crippen LogP contribution in [-0.4, -0.2) is 11.4 Å². The molecule has 1 amide bonds. The smallest absolute Gasteiger partial charge is 0.244 e. The second kappa shape index (κ2) is 6.45. The molecule has 0 spiro atoms. The molecule has 0 bridgehead atoms. The highest BCUT2D eigenvalue weighted by Gasteiger charge is 2.35. The molecule has 1 aromatic carbocycles. The molecular formula is C13H16ClF3N2O. The predicted molar refractivity (Wildman–Crippen MR) is 72.2 cm³/mol. The Morgan fingerprint density at radius 2 is 1.60 bits per heavy atom. The number of halogens is 4. The van der Waals surface area contributed by atoms with Gasteiger partial charge < -0.3 is 11.1 Å². The molecule has 1 aliphatic carbocycles. The maximum atomic E-state index is 13.4. The zero-order valence-corrected chi connectivity index (χ0v) is 11.5. The number of amides is 1. The highest BCUT2D eigenvalue weighted by molar-refractivity contribution is 5.98. The Hall–Kier alpha value is -1.27. The van der Waals surface area contributed by atoms with Crippen molar-refractivity contribution in [1.82, 2.24) is 0 Å². The number of carbonyl (C=O) groups is 1. The van der Waals surface area contributed by atoms with Crippen LogP contribution in [-0.2, 0) is 4.79 Å². The van der Waals surface area contributed by atoms with Crippen molar-refractivity contribution in [3.8, 4) is 0 Å². The van der Waals surface area contributed by atoms with E-state index in [9.17, 15) is 18.0 Å². The van der Waals surface area contributed by atoms with Crippen molar-refractivity contribution in [3.63, 3.8) is 0 Å². The minimum absolute atomic E-state index is 0. The Morgan fingerprint density at radius 3 is 2.20 bits per heavy atom. The van der Waals surface area contributed by atoms with Crippen molar-refractivity contribution in [3.05, 3.63) is 29.6 Å². The van der Waals surface area contributed by atoms with Crippen molar-refractivity contribution in [2.75, 3.05) is 5.32 Å². The summed E-state index contributed by atoms with van der Waals surface area (Å²) in [4.78, 5) is 12.0. The highest BCUT2D eigenvalue weighted by atomic mass is 35.5. The number of benzene rings is 1. The van der Waals surface area contributed by atoms with Crippen LogP contribution in [0.15, 0.2) is 12.1 Å². The largest absolute Gasteiger partial charge is 0.322 e. The van der Waals surface area contributed by atoms with Gasteiger partial charge in [-0.05, 0) is 12.8 Å². The summed E-state index contributed by atoms with van der Waals surface area (Å²) in [7, 11) is 0. The number of nitrogens with one attached hydrogen (secondary N) is 1. The van der Waals surface area contributed by atoms with Crippen LogP contribution in [0.5, 0.6) is 0 Å². The molecule has 1 aromatic rings. The average Bonchev–Trinajstić information content (AvgIpc) is 2.36. The monoisotopic (exact) mass is 308 g/mol. The number of hydrogen-bond acceptors (Lipinski definition) is 2. The molecule has 7 heteroatoms. The normalized spacial score (nSPS) is 17.2. The summed E-state index contributed by atoms with van der Waals surface area (Å²) in [6.07, 6.45) is 3.66. The van der Waals surface area contributed by atoms with Crippen molar-refractivity contribution in [2.45, 2.75) is 37.6 Å². The molecule has 0 radical (unpaired) electrons. The first-order chi connectivity index (χ1) is 8.92. The van der Waals surface area contributed by atoms with E-state index in [-0.39, 0.29) is 18.1 Å². The van der Waals surface area contributed by atoms with Gasteiger partial charge in [-0.2, -0.15) is 0 Å². The Kier molecular flexibility index (Phi) is 5.42. The van der Waals surface area contributed by atoms with E-state index in [0.29, 0.717) is 25.0 Å². The van der Waals surface area contributed by atoms with Gasteiger partial charge in [-0.3, -0.25) is 4.79 Å². The molecule has 1 aliphatic rings. The molecule has 0 unspecified atom stereocenters. The van der Waals surface area contributed by atoms with Gasteiger partial charge in [-0.1, -0.05) is 19.3 Å². The van der Waals surface area contributed by atoms with E-state index in [0.717, 1.165) is 19.3 Å². The summed E-state index contributed by atoms with van der Waals surface area (Å²) in [5.41, 5.74) is 4.52. The van der Waals surface area contributed by atoms with Crippen LogP contribution in [0.25, 0.3) is 0 Å². The van der Waals surface area contributed by atoms with Crippen LogP contribution in [0.3, 0.4) is 0 Å². The van der Waals surface area contributed by atoms with Gasteiger partial charge in [0.15, 0.2) is 11.6 Å². The van der Waals surface area contributed by atoms with Crippen molar-refractivity contribution < 1.29 is 18.0 Å². The first kappa shape index (κ1) is 16.8. The van der Waals surface area contributed by atoms with Gasteiger partial charge in [0.05, 0.1) is 11.2 Å². The van der Waals surface area contributed by atoms with E-state index in [4.69, 9.17) is 5.73 Å². The molecular weight excluding hydrogens is 293 g/mol. The summed E-state index contributed by atoms with van der Waals surface area (Å²) in [5.74, 6) is -4.09. The molecule has 3 nitrogen and oxygen atoms in total. The lowest BCUT2D eigenvalue weighted by Gasteiger charge is -2.31. The summed E-state index contributed by atoms with van der Waals surface area (Å²) in [6.45, 7) is 0. The number of nitrogens with two attached hydrogens (primary N) is 1. The van der Waals surface area contributed by atoms with Crippen LogP contribution in [0, 0.1) is 17.5 Å². The van der Waals surface area contributed by atoms with Gasteiger partial charge in [-0.25, -0.2) is 13.2 Å². The summed E-state index contributed by atoms with van der Waals surface area (Å²) < 4.78 is 39.2. The number of carbonyl (C=O) groups excluding carboxylic acids is 1. The van der Waals surface area contributed by atoms with Crippen LogP contribution in [0.1, 0.15) is 32.1 Å². The number of hydrogen-bond donors (Lipinski definition) is 2. The first-order valence-electron chi connectivity index (χ1n) is 6.17. The van der Waals surface area contributed by atoms with Crippen molar-refractivity contribution in [1.29, 1.82) is 0 Å². The Bertz CT molecular complexity index is 505. The molecule has 1 saturated carbocycles. The fourth-order valence-electron chi connectivity index (χ4n) is 2.27. The number of anilines is 1. The maximum absolute atomic E-state index is 13.4. The summed E-state index contributed by atoms with van der Waals surface area (Å²) in [5, 5.41) is 2.24. The van der Waals surface area contributed by atoms with Gasteiger partial charge >= 0.3 is 0 Å². The van der Waals surface area contributed by atoms with E-state index in [2.05, 4.69) is 5.32 Å². The second-order valence-electron chi connectivity index (χ2n) is 4.92. The third-order valence-electron chi connectivity index (χ3n) is 3.46. The third kappa shape index (κ3) is 3.43. The minimum atomic E-state index is -1.30. The van der Waals surface area contributed by atoms with Gasteiger partial charge in [-0.15, -0.1) is 12.4 Å². The summed E-state index contributed by atoms with van der Waals surface area (Å²) in [6, 6.07) is 1.02. The fourth-order valence-corrected chi connectivity index (χ4v) is 2.27. The van der Waals surface area contributed by atoms with Crippen LogP contribution >= 0.6 is 12.4 Å². The van der Waals surface area contributed by atoms with Crippen molar-refractivity contribution >= 4 is 24.0 Å². The predicted octanol–water partition coefficient (Wildman–Crippen LogP) is 3.13. The minimum Gasteiger partial charge on any atom is -0.322 e. The van der Waals surface area contributed by atoms with Gasteiger partial charge in [0.25, 0.3) is 0 Å². The Balaban J connectivity index is 0.00000200. The standard InChI is InChI=1S/C13H15F3N2O.ClH/c14-8-6-10(16)11(7-9(8)15)18-12(19)13(17)4-2-1-3-5-13;/h6-7H,1-5,17H2,(H,18,19);1H. The molecule has 112 valence electrons. The molecule has 1 fully saturated rings. The van der Waals surface area contributed by atoms with Crippen LogP contribution < -0.4 is 11.1 Å². The van der Waals surface area contributed by atoms with Crippen LogP contribution in [0.4, 0.5) is 18.9 Å². The van der Waals surface area contributed by atoms with Crippen molar-refractivity contribution in [2.24, 2.45) is 5.73 Å². The summed E-state index contributed by atoms with van der Waals surface area (Å²) >= 11 is 0. The average molecular weight is 309 g/mol. The Morgan fingerprint density at radius 1 is 1.05 bits per heavy atom. The van der Waals surface area contributed by atoms with E-state index in [1.165, 1.54) is 0 Å². The molecule has 0 aromatic heterocycles. The zero-order valence-electron chi connectivity index (χ0n) is 10.7. The third-order valence-corrected chi connectivity index (χ3v) is 3.46. The fraction of sp³-hybridized carbons (Fsp3) is 0.462. The SMILES string of the molecule is Cl.NC1(C(=O)Nc2cc(F)c(F)cc2F)CCCCC1. The quantitative estimate of drug-likeness (QED) is 0.825. The molecule has 0 heterocycles. The highest BCUT2D eigenvalue weighted by Crippen LogP contribution is 2.28. The molecule has 0 aliphatic heterocycles. The molecule has 2 rings (SSSR count). The second-order valence-corrected chi connectivity index (χ2v) is 4.92. The lowest BCUT2D eigenvalue weighted by Crippen LogP contribution is -2.52. The Labute approximate surface area is 121 Å². The maximum Gasteiger partial charge on any atom is 0.244 e. The zero-order chi connectivity index (χ0) is 14.0. The lowest BCUT2D eigenvalue weighted by molar-refractivity contribution is -0.122. The van der Waals surface area contributed by atoms with E-state index < -0.39 is 28.9 Å². The van der Waals surface area contributed by atoms with Gasteiger partial charge in [0.1, 0.15) is 5.82 Å². The molecule has 20 heavy (non-hydrogen) atoms. The molecule has 0 atom stereocenters. The van der Waals surface area contributed by atoms with E-state index in [1.54, 1.807) is 0 Å². The molecule has 3 N–H and O–H groups in total. The van der Waals surface area contributed by atoms with Crippen LogP contribution in [0.2, 0.25) is 0 Å². The van der Waals surface area contributed by atoms with Gasteiger partial charge in [0, 0.05) is 12.1 Å². The topological polar surface area (TPSA) is 55.1 Å². The lowest BCUT2D eigenvalue weighted by atomic mass is 9.82. The van der Waals surface area contributed by atoms with E-state index >= 15 is 0 Å². The van der Waals surface area contributed by atoms with Gasteiger partial charge in [0.2, 0.25) is 5.91 Å². The molecule has 0 saturated heterocycles. The first-order valence-corrected chi connectivity index (χ1v) is 6.17. The van der Waals surface area contributed by atoms with E-state index in [1.807, 2.05) is 0 Å². The number of rotatable bonds is 2.